The monoisotopic (exact) mass is 215 g/mol. The summed E-state index contributed by atoms with van der Waals surface area (Å²) in [5.41, 5.74) is 2.47. The van der Waals surface area contributed by atoms with Gasteiger partial charge in [-0.05, 0) is 24.0 Å². The minimum absolute atomic E-state index is 0.915. The molecule has 0 unspecified atom stereocenters. The molecule has 15 heavy (non-hydrogen) atoms. The molecule has 76 valence electrons. The van der Waals surface area contributed by atoms with Crippen LogP contribution in [0.15, 0.2) is 53.6 Å². The Kier molecular flexibility index (Phi) is 3.41. The predicted molar refractivity (Wildman–Crippen MR) is 65.3 cm³/mol. The zero-order valence-corrected chi connectivity index (χ0v) is 9.50. The van der Waals surface area contributed by atoms with Gasteiger partial charge in [0.25, 0.3) is 0 Å². The molecule has 0 aliphatic heterocycles. The van der Waals surface area contributed by atoms with Gasteiger partial charge >= 0.3 is 0 Å². The Hall–Kier alpha value is -1.28. The Bertz CT molecular complexity index is 426. The minimum Gasteiger partial charge on any atom is -0.260 e. The van der Waals surface area contributed by atoms with Gasteiger partial charge in [0.15, 0.2) is 0 Å². The van der Waals surface area contributed by atoms with Gasteiger partial charge in [-0.1, -0.05) is 30.3 Å². The Morgan fingerprint density at radius 1 is 1.07 bits per heavy atom. The quantitative estimate of drug-likeness (QED) is 0.728. The van der Waals surface area contributed by atoms with Crippen LogP contribution >= 0.6 is 11.8 Å². The molecule has 0 saturated carbocycles. The summed E-state index contributed by atoms with van der Waals surface area (Å²) in [5.74, 6) is 0. The van der Waals surface area contributed by atoms with Crippen LogP contribution in [0, 0.1) is 0 Å². The number of thioether (sulfide) groups is 1. The van der Waals surface area contributed by atoms with E-state index in [0.717, 1.165) is 12.1 Å². The van der Waals surface area contributed by atoms with Crippen molar-refractivity contribution in [3.05, 3.63) is 59.9 Å². The Balaban J connectivity index is 2.24. The van der Waals surface area contributed by atoms with E-state index in [0.29, 0.717) is 0 Å². The summed E-state index contributed by atoms with van der Waals surface area (Å²) >= 11 is 1.75. The van der Waals surface area contributed by atoms with Gasteiger partial charge < -0.3 is 0 Å². The van der Waals surface area contributed by atoms with Crippen LogP contribution in [-0.2, 0) is 6.42 Å². The Morgan fingerprint density at radius 2 is 1.87 bits per heavy atom. The van der Waals surface area contributed by atoms with Gasteiger partial charge in [-0.25, -0.2) is 0 Å². The molecule has 0 N–H and O–H groups in total. The van der Waals surface area contributed by atoms with E-state index >= 15 is 0 Å². The topological polar surface area (TPSA) is 12.9 Å². The fourth-order valence-electron chi connectivity index (χ4n) is 1.53. The summed E-state index contributed by atoms with van der Waals surface area (Å²) in [5, 5.41) is 0. The van der Waals surface area contributed by atoms with Crippen LogP contribution in [0.3, 0.4) is 0 Å². The first-order valence-electron chi connectivity index (χ1n) is 4.92. The van der Waals surface area contributed by atoms with E-state index in [4.69, 9.17) is 0 Å². The fourth-order valence-corrected chi connectivity index (χ4v) is 2.11. The number of aromatic nitrogens is 1. The van der Waals surface area contributed by atoms with E-state index in [2.05, 4.69) is 41.6 Å². The van der Waals surface area contributed by atoms with Gasteiger partial charge in [-0.3, -0.25) is 4.98 Å². The summed E-state index contributed by atoms with van der Waals surface area (Å²) < 4.78 is 0. The maximum atomic E-state index is 4.42. The van der Waals surface area contributed by atoms with Crippen LogP contribution < -0.4 is 0 Å². The van der Waals surface area contributed by atoms with Gasteiger partial charge in [0.1, 0.15) is 0 Å². The molecule has 0 radical (unpaired) electrons. The molecule has 0 bridgehead atoms. The second kappa shape index (κ2) is 4.99. The van der Waals surface area contributed by atoms with Crippen molar-refractivity contribution in [2.24, 2.45) is 0 Å². The first-order valence-corrected chi connectivity index (χ1v) is 6.14. The van der Waals surface area contributed by atoms with E-state index in [9.17, 15) is 0 Å². The second-order valence-corrected chi connectivity index (χ2v) is 4.16. The zero-order valence-electron chi connectivity index (χ0n) is 8.68. The molecule has 0 atom stereocenters. The van der Waals surface area contributed by atoms with Gasteiger partial charge in [0, 0.05) is 17.5 Å². The number of benzene rings is 1. The molecule has 2 aromatic rings. The highest BCUT2D eigenvalue weighted by Gasteiger charge is 2.02. The van der Waals surface area contributed by atoms with Crippen LogP contribution in [0.1, 0.15) is 11.3 Å². The first-order chi connectivity index (χ1) is 7.40. The van der Waals surface area contributed by atoms with Gasteiger partial charge in [0.05, 0.1) is 5.69 Å². The molecule has 0 amide bonds. The van der Waals surface area contributed by atoms with Crippen LogP contribution in [0.4, 0.5) is 0 Å². The maximum Gasteiger partial charge on any atom is 0.0582 e. The molecule has 1 aromatic carbocycles. The molecule has 0 aliphatic rings. The zero-order chi connectivity index (χ0) is 10.5. The maximum absolute atomic E-state index is 4.42. The van der Waals surface area contributed by atoms with Gasteiger partial charge in [0.2, 0.25) is 0 Å². The Morgan fingerprint density at radius 3 is 2.60 bits per heavy atom. The summed E-state index contributed by atoms with van der Waals surface area (Å²) in [6, 6.07) is 14.6. The summed E-state index contributed by atoms with van der Waals surface area (Å²) in [4.78, 5) is 5.69. The van der Waals surface area contributed by atoms with Crippen molar-refractivity contribution in [2.45, 2.75) is 11.3 Å². The number of hydrogen-bond donors (Lipinski definition) is 0. The predicted octanol–water partition coefficient (Wildman–Crippen LogP) is 3.39. The third kappa shape index (κ3) is 2.60. The van der Waals surface area contributed by atoms with Gasteiger partial charge in [-0.15, -0.1) is 11.8 Å². The number of rotatable bonds is 3. The molecule has 2 rings (SSSR count). The normalized spacial score (nSPS) is 10.2. The largest absolute Gasteiger partial charge is 0.260 e. The minimum atomic E-state index is 0.915. The molecule has 1 nitrogen and oxygen atoms in total. The summed E-state index contributed by atoms with van der Waals surface area (Å²) in [6.07, 6.45) is 4.86. The summed E-state index contributed by atoms with van der Waals surface area (Å²) in [6.45, 7) is 0. The third-order valence-corrected chi connectivity index (χ3v) is 3.09. The van der Waals surface area contributed by atoms with Crippen molar-refractivity contribution in [1.29, 1.82) is 0 Å². The Labute approximate surface area is 94.6 Å². The lowest BCUT2D eigenvalue weighted by Crippen LogP contribution is -1.93. The molecular formula is C13H13NS. The van der Waals surface area contributed by atoms with Gasteiger partial charge in [-0.2, -0.15) is 0 Å². The lowest BCUT2D eigenvalue weighted by atomic mass is 10.1. The van der Waals surface area contributed by atoms with Crippen molar-refractivity contribution >= 4 is 11.8 Å². The highest BCUT2D eigenvalue weighted by Crippen LogP contribution is 2.20. The van der Waals surface area contributed by atoms with Crippen molar-refractivity contribution in [3.63, 3.8) is 0 Å². The molecule has 0 fully saturated rings. The van der Waals surface area contributed by atoms with E-state index < -0.39 is 0 Å². The lowest BCUT2D eigenvalue weighted by molar-refractivity contribution is 1.01. The van der Waals surface area contributed by atoms with Crippen molar-refractivity contribution in [2.75, 3.05) is 6.26 Å². The molecule has 1 aromatic heterocycles. The van der Waals surface area contributed by atoms with E-state index in [-0.39, 0.29) is 0 Å². The van der Waals surface area contributed by atoms with Crippen LogP contribution in [0.25, 0.3) is 0 Å². The molecule has 0 saturated heterocycles. The SMILES string of the molecule is CSc1cccnc1Cc1ccccc1. The van der Waals surface area contributed by atoms with E-state index in [1.54, 1.807) is 11.8 Å². The van der Waals surface area contributed by atoms with E-state index in [1.807, 2.05) is 18.3 Å². The van der Waals surface area contributed by atoms with Crippen molar-refractivity contribution < 1.29 is 0 Å². The molecular weight excluding hydrogens is 202 g/mol. The number of hydrogen-bond acceptors (Lipinski definition) is 2. The first kappa shape index (κ1) is 10.2. The standard InChI is InChI=1S/C13H13NS/c1-15-13-8-5-9-14-12(13)10-11-6-3-2-4-7-11/h2-9H,10H2,1H3. The average molecular weight is 215 g/mol. The van der Waals surface area contributed by atoms with Crippen molar-refractivity contribution in [3.8, 4) is 0 Å². The fraction of sp³-hybridized carbons (Fsp3) is 0.154. The highest BCUT2D eigenvalue weighted by molar-refractivity contribution is 7.98. The van der Waals surface area contributed by atoms with Crippen LogP contribution in [0.5, 0.6) is 0 Å². The second-order valence-electron chi connectivity index (χ2n) is 3.31. The number of nitrogens with zero attached hydrogens (tertiary/aromatic N) is 1. The average Bonchev–Trinajstić information content (AvgIpc) is 2.31. The molecule has 1 heterocycles. The smallest absolute Gasteiger partial charge is 0.0582 e. The highest BCUT2D eigenvalue weighted by atomic mass is 32.2. The lowest BCUT2D eigenvalue weighted by Gasteiger charge is -2.05. The molecule has 0 aliphatic carbocycles. The third-order valence-electron chi connectivity index (χ3n) is 2.28. The van der Waals surface area contributed by atoms with Crippen LogP contribution in [-0.4, -0.2) is 11.2 Å². The van der Waals surface area contributed by atoms with E-state index in [1.165, 1.54) is 10.5 Å². The summed E-state index contributed by atoms with van der Waals surface area (Å²) in [7, 11) is 0. The molecule has 2 heteroatoms. The molecule has 0 spiro atoms. The van der Waals surface area contributed by atoms with Crippen molar-refractivity contribution in [1.82, 2.24) is 4.98 Å². The van der Waals surface area contributed by atoms with Crippen LogP contribution in [0.2, 0.25) is 0 Å². The number of pyridine rings is 1.